The average molecular weight is 542 g/mol. The van der Waals surface area contributed by atoms with Gasteiger partial charge in [0.2, 0.25) is 0 Å². The van der Waals surface area contributed by atoms with E-state index in [4.69, 9.17) is 28.9 Å². The summed E-state index contributed by atoms with van der Waals surface area (Å²) in [5.41, 5.74) is 6.43. The van der Waals surface area contributed by atoms with Crippen molar-refractivity contribution in [2.45, 2.75) is 12.5 Å². The van der Waals surface area contributed by atoms with Crippen LogP contribution in [0.3, 0.4) is 0 Å². The van der Waals surface area contributed by atoms with Gasteiger partial charge in [-0.1, -0.05) is 23.4 Å². The molecular weight excluding hydrogens is 506 g/mol. The monoisotopic (exact) mass is 541 g/mol. The van der Waals surface area contributed by atoms with E-state index in [1.807, 2.05) is 68.7 Å². The standard InChI is InChI=1S/C32H35N3O5/c1-7-8-27(20-9-11-21(36-4)12-10-20)40-34-32-24-19-29(38-6)28(37-5)18-23(24)31-30(32)25-17-22(13-14-26(25)33-31)39-16-15-35(2)3/h7,9-14,17-19,27,33H,1,8,15-16H2,2-6H3. The summed E-state index contributed by atoms with van der Waals surface area (Å²) in [5.74, 6) is 2.84. The quantitative estimate of drug-likeness (QED) is 0.150. The van der Waals surface area contributed by atoms with Crippen LogP contribution in [0, 0.1) is 0 Å². The number of fused-ring (bicyclic) bond motifs is 5. The molecule has 0 fully saturated rings. The summed E-state index contributed by atoms with van der Waals surface area (Å²) >= 11 is 0. The van der Waals surface area contributed by atoms with Crippen LogP contribution in [0.15, 0.2) is 72.4 Å². The summed E-state index contributed by atoms with van der Waals surface area (Å²) in [5, 5.41) is 5.78. The number of hydrogen-bond acceptors (Lipinski definition) is 7. The van der Waals surface area contributed by atoms with Crippen molar-refractivity contribution >= 4 is 16.6 Å². The highest BCUT2D eigenvalue weighted by molar-refractivity contribution is 6.30. The van der Waals surface area contributed by atoms with Crippen LogP contribution in [-0.2, 0) is 4.84 Å². The highest BCUT2D eigenvalue weighted by atomic mass is 16.6. The Morgan fingerprint density at radius 2 is 1.60 bits per heavy atom. The molecule has 1 aliphatic carbocycles. The number of nitrogens with zero attached hydrogens (tertiary/aromatic N) is 2. The van der Waals surface area contributed by atoms with Crippen molar-refractivity contribution in [3.8, 4) is 34.3 Å². The number of nitrogens with one attached hydrogen (secondary N) is 1. The summed E-state index contributed by atoms with van der Waals surface area (Å²) in [7, 11) is 8.97. The number of aromatic amines is 1. The topological polar surface area (TPSA) is 77.5 Å². The van der Waals surface area contributed by atoms with Crippen molar-refractivity contribution in [1.29, 1.82) is 0 Å². The third kappa shape index (κ3) is 5.22. The van der Waals surface area contributed by atoms with Crippen molar-refractivity contribution in [3.63, 3.8) is 0 Å². The molecule has 0 aliphatic heterocycles. The first-order valence-corrected chi connectivity index (χ1v) is 13.2. The van der Waals surface area contributed by atoms with Crippen molar-refractivity contribution < 1.29 is 23.8 Å². The first-order chi connectivity index (χ1) is 19.5. The van der Waals surface area contributed by atoms with Gasteiger partial charge in [0.05, 0.1) is 27.0 Å². The lowest BCUT2D eigenvalue weighted by Crippen LogP contribution is -2.19. The highest BCUT2D eigenvalue weighted by Gasteiger charge is 2.32. The molecule has 0 amide bonds. The van der Waals surface area contributed by atoms with E-state index >= 15 is 0 Å². The van der Waals surface area contributed by atoms with Crippen LogP contribution in [0.25, 0.3) is 22.2 Å². The minimum Gasteiger partial charge on any atom is -0.497 e. The van der Waals surface area contributed by atoms with Gasteiger partial charge in [-0.2, -0.15) is 0 Å². The highest BCUT2D eigenvalue weighted by Crippen LogP contribution is 2.46. The van der Waals surface area contributed by atoms with E-state index in [-0.39, 0.29) is 6.10 Å². The fourth-order valence-corrected chi connectivity index (χ4v) is 4.89. The molecule has 3 aromatic carbocycles. The Bertz CT molecular complexity index is 1540. The first-order valence-electron chi connectivity index (χ1n) is 13.2. The molecule has 0 saturated heterocycles. The molecule has 40 heavy (non-hydrogen) atoms. The van der Waals surface area contributed by atoms with E-state index in [0.717, 1.165) is 56.9 Å². The van der Waals surface area contributed by atoms with Crippen molar-refractivity contribution in [2.75, 3.05) is 48.6 Å². The number of oxime groups is 1. The summed E-state index contributed by atoms with van der Waals surface area (Å²) < 4.78 is 22.6. The zero-order valence-electron chi connectivity index (χ0n) is 23.6. The Morgan fingerprint density at radius 3 is 2.25 bits per heavy atom. The molecular formula is C32H35N3O5. The van der Waals surface area contributed by atoms with Crippen LogP contribution in [0.4, 0.5) is 0 Å². The molecule has 0 saturated carbocycles. The Balaban J connectivity index is 1.60. The second-order valence-electron chi connectivity index (χ2n) is 9.82. The molecule has 1 N–H and O–H groups in total. The first kappa shape index (κ1) is 27.1. The van der Waals surface area contributed by atoms with E-state index in [9.17, 15) is 0 Å². The molecule has 1 atom stereocenters. The third-order valence-electron chi connectivity index (χ3n) is 7.00. The van der Waals surface area contributed by atoms with Gasteiger partial charge in [0, 0.05) is 40.6 Å². The van der Waals surface area contributed by atoms with Crippen LogP contribution < -0.4 is 18.9 Å². The lowest BCUT2D eigenvalue weighted by atomic mass is 10.1. The Morgan fingerprint density at radius 1 is 0.900 bits per heavy atom. The van der Waals surface area contributed by atoms with Gasteiger partial charge in [-0.15, -0.1) is 6.58 Å². The van der Waals surface area contributed by atoms with Crippen LogP contribution >= 0.6 is 0 Å². The van der Waals surface area contributed by atoms with E-state index in [0.29, 0.717) is 30.2 Å². The molecule has 0 bridgehead atoms. The fourth-order valence-electron chi connectivity index (χ4n) is 4.89. The lowest BCUT2D eigenvalue weighted by molar-refractivity contribution is 0.0610. The summed E-state index contributed by atoms with van der Waals surface area (Å²) in [6, 6.07) is 17.8. The molecule has 0 radical (unpaired) electrons. The smallest absolute Gasteiger partial charge is 0.161 e. The number of likely N-dealkylation sites (N-methyl/N-ethyl adjacent to an activating group) is 1. The molecule has 8 nitrogen and oxygen atoms in total. The minimum atomic E-state index is -0.321. The van der Waals surface area contributed by atoms with Gasteiger partial charge < -0.3 is 33.7 Å². The van der Waals surface area contributed by atoms with Gasteiger partial charge in [0.25, 0.3) is 0 Å². The maximum atomic E-state index is 6.26. The second-order valence-corrected chi connectivity index (χ2v) is 9.82. The molecule has 0 spiro atoms. The van der Waals surface area contributed by atoms with Crippen LogP contribution in [0.1, 0.15) is 29.2 Å². The predicted molar refractivity (Wildman–Crippen MR) is 158 cm³/mol. The zero-order chi connectivity index (χ0) is 28.2. The normalized spacial score (nSPS) is 13.7. The number of ether oxygens (including phenoxy) is 4. The molecule has 208 valence electrons. The number of methoxy groups -OCH3 is 3. The molecule has 5 rings (SSSR count). The number of benzene rings is 3. The van der Waals surface area contributed by atoms with E-state index < -0.39 is 0 Å². The van der Waals surface area contributed by atoms with Gasteiger partial charge in [0.15, 0.2) is 17.6 Å². The summed E-state index contributed by atoms with van der Waals surface area (Å²) in [4.78, 5) is 11.9. The van der Waals surface area contributed by atoms with Gasteiger partial charge >= 0.3 is 0 Å². The van der Waals surface area contributed by atoms with Crippen LogP contribution in [-0.4, -0.2) is 64.2 Å². The largest absolute Gasteiger partial charge is 0.497 e. The fraction of sp³-hybridized carbons (Fsp3) is 0.281. The minimum absolute atomic E-state index is 0.321. The number of aromatic nitrogens is 1. The Hall–Kier alpha value is -4.43. The average Bonchev–Trinajstić information content (AvgIpc) is 3.48. The van der Waals surface area contributed by atoms with E-state index in [1.54, 1.807) is 21.3 Å². The number of hydrogen-bond donors (Lipinski definition) is 1. The molecule has 1 unspecified atom stereocenters. The van der Waals surface area contributed by atoms with Gasteiger partial charge in [0.1, 0.15) is 23.8 Å². The Kier molecular flexibility index (Phi) is 7.98. The SMILES string of the molecule is C=CCC(ON=C1c2cc(OC)c(OC)cc2-c2[nH]c3ccc(OCCN(C)C)cc3c21)c1ccc(OC)cc1. The van der Waals surface area contributed by atoms with Crippen molar-refractivity contribution in [2.24, 2.45) is 5.16 Å². The third-order valence-corrected chi connectivity index (χ3v) is 7.00. The summed E-state index contributed by atoms with van der Waals surface area (Å²) in [6.07, 6.45) is 2.10. The molecule has 8 heteroatoms. The second kappa shape index (κ2) is 11.8. The number of rotatable bonds is 12. The molecule has 4 aromatic rings. The van der Waals surface area contributed by atoms with Crippen LogP contribution in [0.2, 0.25) is 0 Å². The molecule has 1 aromatic heterocycles. The predicted octanol–water partition coefficient (Wildman–Crippen LogP) is 6.20. The van der Waals surface area contributed by atoms with Gasteiger partial charge in [-0.25, -0.2) is 0 Å². The number of H-pyrrole nitrogens is 1. The van der Waals surface area contributed by atoms with Crippen LogP contribution in [0.5, 0.6) is 23.0 Å². The van der Waals surface area contributed by atoms with Gasteiger partial charge in [-0.05, 0) is 62.1 Å². The Labute approximate surface area is 234 Å². The van der Waals surface area contributed by atoms with E-state index in [2.05, 4.69) is 22.5 Å². The van der Waals surface area contributed by atoms with Gasteiger partial charge in [-0.3, -0.25) is 0 Å². The summed E-state index contributed by atoms with van der Waals surface area (Å²) in [6.45, 7) is 5.34. The zero-order valence-corrected chi connectivity index (χ0v) is 23.6. The molecule has 1 aliphatic rings. The van der Waals surface area contributed by atoms with Crippen molar-refractivity contribution in [3.05, 3.63) is 83.9 Å². The maximum absolute atomic E-state index is 6.26. The molecule has 1 heterocycles. The maximum Gasteiger partial charge on any atom is 0.161 e. The van der Waals surface area contributed by atoms with Crippen molar-refractivity contribution in [1.82, 2.24) is 9.88 Å². The van der Waals surface area contributed by atoms with E-state index in [1.165, 1.54) is 0 Å². The lowest BCUT2D eigenvalue weighted by Gasteiger charge is -2.16.